The van der Waals surface area contributed by atoms with Crippen LogP contribution in [0, 0.1) is 5.92 Å². The van der Waals surface area contributed by atoms with E-state index in [1.807, 2.05) is 20.8 Å². The highest BCUT2D eigenvalue weighted by Crippen LogP contribution is 2.02. The van der Waals surface area contributed by atoms with Gasteiger partial charge >= 0.3 is 5.97 Å². The van der Waals surface area contributed by atoms with E-state index in [-0.39, 0.29) is 11.9 Å². The largest absolute Gasteiger partial charge is 0.463 e. The predicted octanol–water partition coefficient (Wildman–Crippen LogP) is 1.63. The SMILES string of the molecule is CCOCCOCCOC(=O)C(C)CC. The van der Waals surface area contributed by atoms with Crippen molar-refractivity contribution in [3.05, 3.63) is 0 Å². The van der Waals surface area contributed by atoms with Gasteiger partial charge in [0.25, 0.3) is 0 Å². The fourth-order valence-electron chi connectivity index (χ4n) is 0.874. The van der Waals surface area contributed by atoms with E-state index in [0.717, 1.165) is 6.42 Å². The lowest BCUT2D eigenvalue weighted by molar-refractivity contribution is -0.149. The molecule has 0 aromatic heterocycles. The molecule has 1 unspecified atom stereocenters. The first-order valence-corrected chi connectivity index (χ1v) is 5.54. The molecule has 0 N–H and O–H groups in total. The zero-order valence-corrected chi connectivity index (χ0v) is 9.95. The molecule has 0 aromatic carbocycles. The molecular formula is C11H22O4. The lowest BCUT2D eigenvalue weighted by atomic mass is 10.1. The molecule has 0 spiro atoms. The monoisotopic (exact) mass is 218 g/mol. The third-order valence-corrected chi connectivity index (χ3v) is 2.06. The van der Waals surface area contributed by atoms with E-state index in [1.54, 1.807) is 0 Å². The summed E-state index contributed by atoms with van der Waals surface area (Å²) in [4.78, 5) is 11.2. The predicted molar refractivity (Wildman–Crippen MR) is 57.7 cm³/mol. The second-order valence-electron chi connectivity index (χ2n) is 3.29. The third kappa shape index (κ3) is 8.39. The van der Waals surface area contributed by atoms with Gasteiger partial charge in [0.1, 0.15) is 6.61 Å². The number of carbonyl (C=O) groups is 1. The second-order valence-corrected chi connectivity index (χ2v) is 3.29. The van der Waals surface area contributed by atoms with Crippen molar-refractivity contribution < 1.29 is 19.0 Å². The van der Waals surface area contributed by atoms with Crippen molar-refractivity contribution in [2.24, 2.45) is 5.92 Å². The second kappa shape index (κ2) is 9.93. The van der Waals surface area contributed by atoms with Crippen LogP contribution in [0.4, 0.5) is 0 Å². The Morgan fingerprint density at radius 1 is 1.07 bits per heavy atom. The van der Waals surface area contributed by atoms with Gasteiger partial charge in [0.15, 0.2) is 0 Å². The summed E-state index contributed by atoms with van der Waals surface area (Å²) in [5.41, 5.74) is 0. The first kappa shape index (κ1) is 14.4. The molecule has 0 aliphatic carbocycles. The Kier molecular flexibility index (Phi) is 9.52. The van der Waals surface area contributed by atoms with Crippen molar-refractivity contribution in [1.29, 1.82) is 0 Å². The average Bonchev–Trinajstić information content (AvgIpc) is 2.26. The van der Waals surface area contributed by atoms with Crippen LogP contribution in [0.1, 0.15) is 27.2 Å². The van der Waals surface area contributed by atoms with Gasteiger partial charge in [-0.15, -0.1) is 0 Å². The summed E-state index contributed by atoms with van der Waals surface area (Å²) in [7, 11) is 0. The Bertz CT molecular complexity index is 159. The number of hydrogen-bond donors (Lipinski definition) is 0. The molecule has 0 fully saturated rings. The van der Waals surface area contributed by atoms with Gasteiger partial charge in [-0.1, -0.05) is 13.8 Å². The van der Waals surface area contributed by atoms with E-state index in [1.165, 1.54) is 0 Å². The smallest absolute Gasteiger partial charge is 0.308 e. The van der Waals surface area contributed by atoms with Gasteiger partial charge in [-0.05, 0) is 13.3 Å². The average molecular weight is 218 g/mol. The van der Waals surface area contributed by atoms with Gasteiger partial charge in [-0.3, -0.25) is 4.79 Å². The first-order chi connectivity index (χ1) is 7.22. The maximum absolute atomic E-state index is 11.2. The molecule has 1 atom stereocenters. The molecule has 0 aromatic rings. The highest BCUT2D eigenvalue weighted by molar-refractivity contribution is 5.71. The van der Waals surface area contributed by atoms with Crippen LogP contribution in [0.15, 0.2) is 0 Å². The maximum Gasteiger partial charge on any atom is 0.308 e. The Morgan fingerprint density at radius 2 is 1.67 bits per heavy atom. The van der Waals surface area contributed by atoms with Crippen LogP contribution in [0.3, 0.4) is 0 Å². The number of esters is 1. The summed E-state index contributed by atoms with van der Waals surface area (Å²) in [5, 5.41) is 0. The van der Waals surface area contributed by atoms with Crippen LogP contribution in [-0.2, 0) is 19.0 Å². The zero-order chi connectivity index (χ0) is 11.5. The highest BCUT2D eigenvalue weighted by Gasteiger charge is 2.10. The number of rotatable bonds is 9. The Labute approximate surface area is 91.9 Å². The minimum absolute atomic E-state index is 0.0200. The van der Waals surface area contributed by atoms with Gasteiger partial charge in [-0.25, -0.2) is 0 Å². The quantitative estimate of drug-likeness (QED) is 0.436. The van der Waals surface area contributed by atoms with Gasteiger partial charge < -0.3 is 14.2 Å². The summed E-state index contributed by atoms with van der Waals surface area (Å²) >= 11 is 0. The van der Waals surface area contributed by atoms with Gasteiger partial charge in [0.05, 0.1) is 25.7 Å². The summed E-state index contributed by atoms with van der Waals surface area (Å²) in [5.74, 6) is -0.167. The molecule has 4 nitrogen and oxygen atoms in total. The molecular weight excluding hydrogens is 196 g/mol. The van der Waals surface area contributed by atoms with Crippen LogP contribution in [-0.4, -0.2) is 39.0 Å². The van der Waals surface area contributed by atoms with E-state index >= 15 is 0 Å². The van der Waals surface area contributed by atoms with Crippen LogP contribution < -0.4 is 0 Å². The van der Waals surface area contributed by atoms with Crippen LogP contribution in [0.25, 0.3) is 0 Å². The Balaban J connectivity index is 3.20. The molecule has 15 heavy (non-hydrogen) atoms. The van der Waals surface area contributed by atoms with E-state index < -0.39 is 0 Å². The lowest BCUT2D eigenvalue weighted by Gasteiger charge is -2.09. The van der Waals surface area contributed by atoms with Crippen LogP contribution >= 0.6 is 0 Å². The van der Waals surface area contributed by atoms with Crippen LogP contribution in [0.2, 0.25) is 0 Å². The van der Waals surface area contributed by atoms with E-state index in [0.29, 0.717) is 33.0 Å². The minimum atomic E-state index is -0.147. The molecule has 4 heteroatoms. The zero-order valence-electron chi connectivity index (χ0n) is 9.95. The van der Waals surface area contributed by atoms with Crippen molar-refractivity contribution in [2.45, 2.75) is 27.2 Å². The van der Waals surface area contributed by atoms with Crippen molar-refractivity contribution in [3.63, 3.8) is 0 Å². The van der Waals surface area contributed by atoms with Crippen molar-refractivity contribution in [1.82, 2.24) is 0 Å². The number of hydrogen-bond acceptors (Lipinski definition) is 4. The number of carbonyl (C=O) groups excluding carboxylic acids is 1. The number of ether oxygens (including phenoxy) is 3. The Hall–Kier alpha value is -0.610. The molecule has 0 heterocycles. The lowest BCUT2D eigenvalue weighted by Crippen LogP contribution is -2.17. The summed E-state index contributed by atoms with van der Waals surface area (Å²) in [6.07, 6.45) is 0.810. The van der Waals surface area contributed by atoms with Crippen LogP contribution in [0.5, 0.6) is 0 Å². The standard InChI is InChI=1S/C11H22O4/c1-4-10(3)11(12)15-9-8-14-7-6-13-5-2/h10H,4-9H2,1-3H3. The van der Waals surface area contributed by atoms with Gasteiger partial charge in [0, 0.05) is 6.61 Å². The van der Waals surface area contributed by atoms with E-state index in [9.17, 15) is 4.79 Å². The maximum atomic E-state index is 11.2. The molecule has 0 radical (unpaired) electrons. The topological polar surface area (TPSA) is 44.8 Å². The summed E-state index contributed by atoms with van der Waals surface area (Å²) in [6, 6.07) is 0. The molecule has 0 saturated heterocycles. The van der Waals surface area contributed by atoms with Gasteiger partial charge in [0.2, 0.25) is 0 Å². The van der Waals surface area contributed by atoms with E-state index in [4.69, 9.17) is 14.2 Å². The molecule has 0 rings (SSSR count). The van der Waals surface area contributed by atoms with Crippen molar-refractivity contribution >= 4 is 5.97 Å². The normalized spacial score (nSPS) is 12.5. The molecule has 0 saturated carbocycles. The molecule has 90 valence electrons. The third-order valence-electron chi connectivity index (χ3n) is 2.06. The summed E-state index contributed by atoms with van der Waals surface area (Å²) in [6.45, 7) is 8.37. The molecule has 0 bridgehead atoms. The Morgan fingerprint density at radius 3 is 2.27 bits per heavy atom. The molecule has 0 aliphatic heterocycles. The minimum Gasteiger partial charge on any atom is -0.463 e. The van der Waals surface area contributed by atoms with E-state index in [2.05, 4.69) is 0 Å². The molecule has 0 amide bonds. The molecule has 0 aliphatic rings. The first-order valence-electron chi connectivity index (χ1n) is 5.54. The van der Waals surface area contributed by atoms with Crippen molar-refractivity contribution in [2.75, 3.05) is 33.0 Å². The highest BCUT2D eigenvalue weighted by atomic mass is 16.6. The summed E-state index contributed by atoms with van der Waals surface area (Å²) < 4.78 is 15.3. The fourth-order valence-corrected chi connectivity index (χ4v) is 0.874. The van der Waals surface area contributed by atoms with Gasteiger partial charge in [-0.2, -0.15) is 0 Å². The van der Waals surface area contributed by atoms with Crippen molar-refractivity contribution in [3.8, 4) is 0 Å². The fraction of sp³-hybridized carbons (Fsp3) is 0.909.